The van der Waals surface area contributed by atoms with Gasteiger partial charge in [-0.3, -0.25) is 0 Å². The van der Waals surface area contributed by atoms with Crippen molar-refractivity contribution >= 4 is 192 Å². The molecule has 0 aliphatic heterocycles. The van der Waals surface area contributed by atoms with Crippen LogP contribution in [0.15, 0.2) is 243 Å². The van der Waals surface area contributed by atoms with Crippen LogP contribution in [0.1, 0.15) is 55.6 Å². The Hall–Kier alpha value is -12.1. The molecule has 580 valence electrons. The van der Waals surface area contributed by atoms with Crippen molar-refractivity contribution in [2.45, 2.75) is 62.3 Å². The van der Waals surface area contributed by atoms with E-state index in [-0.39, 0.29) is 78.2 Å². The van der Waals surface area contributed by atoms with E-state index >= 15 is 0 Å². The van der Waals surface area contributed by atoms with Crippen LogP contribution < -0.4 is 22.8 Å². The molecule has 0 radical (unpaired) electrons. The van der Waals surface area contributed by atoms with Crippen molar-refractivity contribution in [3.05, 3.63) is 350 Å². The summed E-state index contributed by atoms with van der Waals surface area (Å²) in [4.78, 5) is 14.6. The average Bonchev–Trinajstić information content (AvgIpc) is 1.61. The van der Waals surface area contributed by atoms with E-state index in [4.69, 9.17) is 26.3 Å². The van der Waals surface area contributed by atoms with Crippen LogP contribution in [0.25, 0.3) is 172 Å². The first-order chi connectivity index (χ1) is 58.0. The fourth-order valence-corrected chi connectivity index (χ4v) is 31.0. The van der Waals surface area contributed by atoms with Gasteiger partial charge in [0.25, 0.3) is 0 Å². The molecule has 0 aliphatic rings. The van der Waals surface area contributed by atoms with Crippen molar-refractivity contribution in [1.29, 1.82) is 5.26 Å². The van der Waals surface area contributed by atoms with E-state index in [1.54, 1.807) is 0 Å². The van der Waals surface area contributed by atoms with Gasteiger partial charge in [0.15, 0.2) is 0 Å². The molecular weight excluding hydrogens is 1800 g/mol. The van der Waals surface area contributed by atoms with E-state index in [1.807, 2.05) is 63.5 Å². The van der Waals surface area contributed by atoms with Crippen molar-refractivity contribution in [2.24, 2.45) is 35.2 Å². The quantitative estimate of drug-likeness (QED) is 0.0962. The Morgan fingerprint density at radius 2 is 0.683 bits per heavy atom. The maximum atomic E-state index is 14.0. The summed E-state index contributed by atoms with van der Waals surface area (Å²) >= 11 is 0.802. The number of halogens is 1. The van der Waals surface area contributed by atoms with Crippen molar-refractivity contribution in [3.8, 4) is 62.4 Å². The monoisotopic (exact) mass is 1890 g/mol. The summed E-state index contributed by atoms with van der Waals surface area (Å²) in [5.41, 5.74) is 27.1. The number of aromatic nitrogens is 5. The second kappa shape index (κ2) is 34.0. The van der Waals surface area contributed by atoms with Crippen molar-refractivity contribution in [3.63, 3.8) is 0 Å². The summed E-state index contributed by atoms with van der Waals surface area (Å²) in [6.45, 7) is 48.8. The Bertz CT molecular complexity index is 7680. The van der Waals surface area contributed by atoms with Crippen molar-refractivity contribution < 1.29 is 27.2 Å². The third kappa shape index (κ3) is 14.8. The number of nitriles is 1. The fraction of sp³-hybridized carbons (Fsp3) is 0.135. The molecule has 0 saturated heterocycles. The van der Waals surface area contributed by atoms with E-state index in [9.17, 15) is 9.65 Å². The van der Waals surface area contributed by atoms with Gasteiger partial charge in [0, 0.05) is 0 Å². The summed E-state index contributed by atoms with van der Waals surface area (Å²) in [5, 5.41) is 21.9. The first-order valence-corrected chi connectivity index (χ1v) is 47.7. The van der Waals surface area contributed by atoms with Crippen LogP contribution in [0.3, 0.4) is 0 Å². The molecule has 0 saturated carbocycles. The van der Waals surface area contributed by atoms with Crippen molar-refractivity contribution in [2.75, 3.05) is 0 Å². The van der Waals surface area contributed by atoms with Gasteiger partial charge >= 0.3 is 735 Å². The molecule has 120 heavy (non-hydrogen) atoms. The molecule has 10 aromatic heterocycles. The van der Waals surface area contributed by atoms with Crippen LogP contribution in [-0.4, -0.2) is 72.5 Å². The molecule has 0 N–H and O–H groups in total. The molecule has 10 heterocycles. The van der Waals surface area contributed by atoms with E-state index in [0.29, 0.717) is 0 Å². The molecule has 16 heteroatoms. The van der Waals surface area contributed by atoms with Gasteiger partial charge in [0.05, 0.1) is 0 Å². The first kappa shape index (κ1) is 81.7. The molecule has 0 spiro atoms. The molecule has 20 rings (SSSR count). The van der Waals surface area contributed by atoms with E-state index in [2.05, 4.69) is 320 Å². The zero-order chi connectivity index (χ0) is 84.2. The second-order valence-electron chi connectivity index (χ2n) is 30.5. The summed E-state index contributed by atoms with van der Waals surface area (Å²) < 4.78 is 38.0. The third-order valence-electron chi connectivity index (χ3n) is 22.8. The van der Waals surface area contributed by atoms with Gasteiger partial charge in [0.2, 0.25) is 0 Å². The molecule has 0 unspecified atom stereocenters. The van der Waals surface area contributed by atoms with Gasteiger partial charge in [-0.25, -0.2) is 0 Å². The van der Waals surface area contributed by atoms with E-state index in [1.165, 1.54) is 166 Å². The zero-order valence-electron chi connectivity index (χ0n) is 69.0. The summed E-state index contributed by atoms with van der Waals surface area (Å²) in [7, 11) is 10.4. The van der Waals surface area contributed by atoms with Crippen LogP contribution in [0.2, 0.25) is 0 Å². The Morgan fingerprint density at radius 3 is 1.12 bits per heavy atom. The van der Waals surface area contributed by atoms with Gasteiger partial charge in [0.1, 0.15) is 0 Å². The van der Waals surface area contributed by atoms with E-state index in [0.717, 1.165) is 65.4 Å². The zero-order valence-corrected chi connectivity index (χ0v) is 77.6. The number of pyridine rings is 5. The Labute approximate surface area is 728 Å². The summed E-state index contributed by atoms with van der Waals surface area (Å²) in [5.74, 6) is -0.415. The molecule has 10 aromatic carbocycles. The molecule has 20 aromatic rings. The molecule has 0 amide bonds. The van der Waals surface area contributed by atoms with E-state index < -0.39 is 5.82 Å². The number of aryl methyl sites for hydroxylation is 14. The van der Waals surface area contributed by atoms with Crippen molar-refractivity contribution in [1.82, 2.24) is 0 Å². The molecule has 0 atom stereocenters. The number of hydrogen-bond donors (Lipinski definition) is 0. The second-order valence-corrected chi connectivity index (χ2v) is 41.3. The predicted octanol–water partition coefficient (Wildman–Crippen LogP) is 22.7. The number of hydrogen-bond acceptors (Lipinski definition) is 1. The maximum absolute atomic E-state index is 14.0. The number of nitrogens with zero attached hydrogens (tertiary/aromatic N) is 10. The van der Waals surface area contributed by atoms with Crippen LogP contribution in [-0.2, 0) is 35.2 Å². The number of fused-ring (bicyclic) bond motifs is 15. The minimum atomic E-state index is -0.415. The molecule has 0 bridgehead atoms. The number of benzene rings is 10. The van der Waals surface area contributed by atoms with Crippen LogP contribution in [0, 0.1) is 106 Å². The summed E-state index contributed by atoms with van der Waals surface area (Å²) in [6, 6.07) is 76.0. The van der Waals surface area contributed by atoms with Gasteiger partial charge in [-0.05, 0) is 0 Å². The van der Waals surface area contributed by atoms with Gasteiger partial charge in [-0.2, -0.15) is 0 Å². The molecular formula is C104H82FN10Se5+5. The first-order valence-electron chi connectivity index (χ1n) is 39.2. The number of rotatable bonds is 5. The SMILES string of the molecule is Cc1ccc(-c2c(C)ccc3c2[se]c2cccc(C#N)c23)[n+](C)c1.[C-]#[N+]c1c(C)ccc2c1[se]c1c(-c3cccc[n+]3C)c(C)ccc12.[C-]#[N+]c1c(F)ccc2c1[se]c1c(-c3cccc[n+]3C)c(C)ccc12.[C-]#[N+]c1cc2[se]c3c(-c4cccc[n+]4C)c(C)ccc3c2cc1C.[C-]#[N+]c1ccc2c([se]c3c(-c4cccc[n+]4C)c(C)ccc32)c1C. The average molecular weight is 1890 g/mol. The minimum absolute atomic E-state index is 0.0726. The normalized spacial score (nSPS) is 11.1. The predicted molar refractivity (Wildman–Crippen MR) is 497 cm³/mol. The topological polar surface area (TPSA) is 60.6 Å². The molecule has 0 fully saturated rings. The third-order valence-corrected chi connectivity index (χ3v) is 35.8. The molecule has 0 aliphatic carbocycles. The fourth-order valence-electron chi connectivity index (χ4n) is 16.6. The van der Waals surface area contributed by atoms with Gasteiger partial charge < -0.3 is 0 Å². The Morgan fingerprint density at radius 1 is 0.308 bits per heavy atom. The van der Waals surface area contributed by atoms with Crippen LogP contribution >= 0.6 is 0 Å². The van der Waals surface area contributed by atoms with Crippen LogP contribution in [0.5, 0.6) is 0 Å². The Kier molecular flexibility index (Phi) is 23.1. The summed E-state index contributed by atoms with van der Waals surface area (Å²) in [6.07, 6.45) is 10.5. The Balaban J connectivity index is 0.000000112. The molecule has 10 nitrogen and oxygen atoms in total. The van der Waals surface area contributed by atoms with Crippen LogP contribution in [0.4, 0.5) is 27.1 Å². The standard InChI is InChI=1S/4C21H17N2Se.C20H14FN2Se/c1-13-8-10-15-16-11-9-14(2)19(22-3)21(16)24-20(15)18(13)17-7-5-6-12-23(17)4;1-13-8-9-16-15-10-11-17(22-3)14(2)20(15)24-21(16)19(13)18-7-5-6-12-23(18)4;1-13-8-9-15-16-11-14(2)17(22-3)12-19(16)24-21(15)20(13)18-7-5-6-10-23(18)4;1-13-7-10-17(23(3)12-13)19-14(2)8-9-16-20-15(11-22)5-4-6-18(20)24-21(16)19;1-12-7-8-13-14-9-10-15(21)18(22-2)20(14)24-19(13)17(12)16-6-4-5-11-23(16)3/h3*5-12H,1-2,4H3;4-10,12H,1-3H3;4-11H,1,3H3/q5*+1. The van der Waals surface area contributed by atoms with Gasteiger partial charge in [-0.15, -0.1) is 0 Å². The van der Waals surface area contributed by atoms with Gasteiger partial charge in [-0.1, -0.05) is 0 Å².